The highest BCUT2D eigenvalue weighted by Crippen LogP contribution is 2.22. The van der Waals surface area contributed by atoms with Gasteiger partial charge in [-0.05, 0) is 25.5 Å². The van der Waals surface area contributed by atoms with Crippen molar-refractivity contribution in [1.29, 1.82) is 0 Å². The van der Waals surface area contributed by atoms with Gasteiger partial charge in [-0.15, -0.1) is 0 Å². The summed E-state index contributed by atoms with van der Waals surface area (Å²) in [4.78, 5) is 26.5. The number of carbonyl (C=O) groups is 2. The van der Waals surface area contributed by atoms with Crippen molar-refractivity contribution in [2.75, 3.05) is 18.8 Å². The van der Waals surface area contributed by atoms with Crippen molar-refractivity contribution >= 4 is 23.6 Å². The smallest absolute Gasteiger partial charge is 0.244 e. The fraction of sp³-hybridized carbons (Fsp3) is 0.875. The van der Waals surface area contributed by atoms with Gasteiger partial charge in [-0.2, -0.15) is 11.8 Å². The molecule has 1 N–H and O–H groups in total. The monoisotopic (exact) mass is 314 g/mol. The summed E-state index contributed by atoms with van der Waals surface area (Å²) in [5, 5.41) is 3.38. The number of nitrogens with zero attached hydrogens (tertiary/aromatic N) is 1. The molecular formula is C16H30N2O2S. The molecule has 0 saturated carbocycles. The van der Waals surface area contributed by atoms with E-state index in [0.29, 0.717) is 5.25 Å². The van der Waals surface area contributed by atoms with E-state index in [1.165, 1.54) is 12.8 Å². The van der Waals surface area contributed by atoms with Crippen LogP contribution in [0.3, 0.4) is 0 Å². The molecule has 0 bridgehead atoms. The lowest BCUT2D eigenvalue weighted by atomic mass is 9.95. The van der Waals surface area contributed by atoms with Gasteiger partial charge >= 0.3 is 0 Å². The third-order valence-corrected chi connectivity index (χ3v) is 4.93. The minimum atomic E-state index is -0.464. The predicted molar refractivity (Wildman–Crippen MR) is 89.4 cm³/mol. The van der Waals surface area contributed by atoms with E-state index in [4.69, 9.17) is 0 Å². The van der Waals surface area contributed by atoms with E-state index in [1.54, 1.807) is 6.92 Å². The Labute approximate surface area is 133 Å². The van der Waals surface area contributed by atoms with Gasteiger partial charge in [0.15, 0.2) is 0 Å². The number of nitrogens with one attached hydrogen (secondary N) is 1. The number of amides is 2. The molecule has 0 radical (unpaired) electrons. The van der Waals surface area contributed by atoms with Crippen molar-refractivity contribution in [2.45, 2.75) is 65.2 Å². The third kappa shape index (κ3) is 5.89. The average Bonchev–Trinajstić information content (AvgIpc) is 2.62. The topological polar surface area (TPSA) is 49.4 Å². The second-order valence-corrected chi connectivity index (χ2v) is 8.38. The summed E-state index contributed by atoms with van der Waals surface area (Å²) in [5.41, 5.74) is -0.464. The van der Waals surface area contributed by atoms with Crippen LogP contribution < -0.4 is 5.32 Å². The van der Waals surface area contributed by atoms with Gasteiger partial charge in [0.2, 0.25) is 11.8 Å². The number of hydrogen-bond acceptors (Lipinski definition) is 3. The van der Waals surface area contributed by atoms with E-state index in [2.05, 4.69) is 12.2 Å². The summed E-state index contributed by atoms with van der Waals surface area (Å²) in [6, 6.07) is -0.442. The van der Waals surface area contributed by atoms with Crippen LogP contribution in [-0.4, -0.2) is 46.8 Å². The van der Waals surface area contributed by atoms with Crippen LogP contribution in [-0.2, 0) is 9.59 Å². The van der Waals surface area contributed by atoms with Gasteiger partial charge < -0.3 is 10.2 Å². The summed E-state index contributed by atoms with van der Waals surface area (Å²) in [6.45, 7) is 11.2. The van der Waals surface area contributed by atoms with Crippen molar-refractivity contribution in [3.8, 4) is 0 Å². The Balaban J connectivity index is 2.61. The molecule has 0 aromatic heterocycles. The summed E-state index contributed by atoms with van der Waals surface area (Å²) in [6.07, 6.45) is 3.43. The molecule has 5 heteroatoms. The second kappa shape index (κ2) is 8.06. The van der Waals surface area contributed by atoms with E-state index in [1.807, 2.05) is 37.4 Å². The van der Waals surface area contributed by atoms with Gasteiger partial charge in [0, 0.05) is 23.8 Å². The molecule has 2 atom stereocenters. The molecular weight excluding hydrogens is 284 g/mol. The van der Waals surface area contributed by atoms with Crippen LogP contribution in [0.25, 0.3) is 0 Å². The van der Waals surface area contributed by atoms with Crippen LogP contribution in [0.4, 0.5) is 0 Å². The van der Waals surface area contributed by atoms with Gasteiger partial charge in [0.25, 0.3) is 0 Å². The highest BCUT2D eigenvalue weighted by Gasteiger charge is 2.29. The maximum absolute atomic E-state index is 12.6. The molecule has 0 aliphatic carbocycles. The normalized spacial score (nSPS) is 21.6. The van der Waals surface area contributed by atoms with Crippen LogP contribution >= 0.6 is 11.8 Å². The number of rotatable bonds is 4. The molecule has 21 heavy (non-hydrogen) atoms. The zero-order valence-corrected chi connectivity index (χ0v) is 14.9. The van der Waals surface area contributed by atoms with Gasteiger partial charge in [0.05, 0.1) is 0 Å². The highest BCUT2D eigenvalue weighted by atomic mass is 32.2. The highest BCUT2D eigenvalue weighted by molar-refractivity contribution is 7.99. The Hall–Kier alpha value is -0.710. The summed E-state index contributed by atoms with van der Waals surface area (Å²) >= 11 is 1.94. The van der Waals surface area contributed by atoms with Crippen LogP contribution in [0.2, 0.25) is 0 Å². The SMILES string of the molecule is CCS[C@H]1CCCCN(C(=O)[C@H](C)NC(=O)C(C)(C)C)C1. The minimum absolute atomic E-state index is 0.0520. The number of thioether (sulfide) groups is 1. The molecule has 1 aliphatic rings. The number of hydrogen-bond donors (Lipinski definition) is 1. The summed E-state index contributed by atoms with van der Waals surface area (Å²) in [5.74, 6) is 1.07. The molecule has 0 aromatic carbocycles. The first kappa shape index (κ1) is 18.3. The molecule has 1 heterocycles. The zero-order chi connectivity index (χ0) is 16.0. The molecule has 1 aliphatic heterocycles. The van der Waals surface area contributed by atoms with E-state index in [-0.39, 0.29) is 11.8 Å². The molecule has 1 fully saturated rings. The zero-order valence-electron chi connectivity index (χ0n) is 14.1. The predicted octanol–water partition coefficient (Wildman–Crippen LogP) is 2.67. The van der Waals surface area contributed by atoms with Gasteiger partial charge in [0.1, 0.15) is 6.04 Å². The fourth-order valence-electron chi connectivity index (χ4n) is 2.42. The third-order valence-electron chi connectivity index (χ3n) is 3.74. The first-order chi connectivity index (χ1) is 9.75. The van der Waals surface area contributed by atoms with E-state index in [9.17, 15) is 9.59 Å². The Kier molecular flexibility index (Phi) is 7.04. The molecule has 4 nitrogen and oxygen atoms in total. The van der Waals surface area contributed by atoms with Gasteiger partial charge in [-0.25, -0.2) is 0 Å². The number of likely N-dealkylation sites (tertiary alicyclic amines) is 1. The Bertz CT molecular complexity index is 366. The van der Waals surface area contributed by atoms with Crippen molar-refractivity contribution in [1.82, 2.24) is 10.2 Å². The van der Waals surface area contributed by atoms with Crippen molar-refractivity contribution < 1.29 is 9.59 Å². The molecule has 0 spiro atoms. The standard InChI is InChI=1S/C16H30N2O2S/c1-6-21-13-9-7-8-10-18(11-13)14(19)12(2)17-15(20)16(3,4)5/h12-13H,6-11H2,1-5H3,(H,17,20)/t12-,13-/m0/s1. The second-order valence-electron chi connectivity index (χ2n) is 6.80. The van der Waals surface area contributed by atoms with E-state index < -0.39 is 11.5 Å². The van der Waals surface area contributed by atoms with Crippen LogP contribution in [0.1, 0.15) is 53.9 Å². The Morgan fingerprint density at radius 3 is 2.57 bits per heavy atom. The molecule has 1 rings (SSSR count). The fourth-order valence-corrected chi connectivity index (χ4v) is 3.51. The maximum Gasteiger partial charge on any atom is 0.244 e. The molecule has 2 amide bonds. The summed E-state index contributed by atoms with van der Waals surface area (Å²) < 4.78 is 0. The van der Waals surface area contributed by atoms with Gasteiger partial charge in [-0.1, -0.05) is 34.1 Å². The van der Waals surface area contributed by atoms with Crippen molar-refractivity contribution in [3.05, 3.63) is 0 Å². The minimum Gasteiger partial charge on any atom is -0.344 e. The Morgan fingerprint density at radius 2 is 2.00 bits per heavy atom. The average molecular weight is 314 g/mol. The lowest BCUT2D eigenvalue weighted by molar-refractivity contribution is -0.138. The van der Waals surface area contributed by atoms with E-state index in [0.717, 1.165) is 25.3 Å². The number of carbonyl (C=O) groups excluding carboxylic acids is 2. The van der Waals surface area contributed by atoms with Crippen LogP contribution in [0.15, 0.2) is 0 Å². The first-order valence-electron chi connectivity index (χ1n) is 7.97. The lowest BCUT2D eigenvalue weighted by Gasteiger charge is -2.28. The molecule has 0 aromatic rings. The Morgan fingerprint density at radius 1 is 1.33 bits per heavy atom. The molecule has 122 valence electrons. The van der Waals surface area contributed by atoms with E-state index >= 15 is 0 Å². The lowest BCUT2D eigenvalue weighted by Crippen LogP contribution is -2.50. The van der Waals surface area contributed by atoms with Crippen molar-refractivity contribution in [2.24, 2.45) is 5.41 Å². The molecule has 1 saturated heterocycles. The maximum atomic E-state index is 12.6. The molecule has 0 unspecified atom stereocenters. The quantitative estimate of drug-likeness (QED) is 0.868. The first-order valence-corrected chi connectivity index (χ1v) is 9.02. The summed E-state index contributed by atoms with van der Waals surface area (Å²) in [7, 11) is 0. The van der Waals surface area contributed by atoms with Crippen molar-refractivity contribution in [3.63, 3.8) is 0 Å². The van der Waals surface area contributed by atoms with Crippen LogP contribution in [0, 0.1) is 5.41 Å². The van der Waals surface area contributed by atoms with Crippen LogP contribution in [0.5, 0.6) is 0 Å². The largest absolute Gasteiger partial charge is 0.344 e. The van der Waals surface area contributed by atoms with Gasteiger partial charge in [-0.3, -0.25) is 9.59 Å².